The van der Waals surface area contributed by atoms with Crippen molar-refractivity contribution in [3.8, 4) is 0 Å². The van der Waals surface area contributed by atoms with Crippen LogP contribution in [0.2, 0.25) is 10.0 Å². The minimum Gasteiger partial charge on any atom is -0.357 e. The molecule has 0 unspecified atom stereocenters. The van der Waals surface area contributed by atoms with Gasteiger partial charge in [0.05, 0.1) is 22.9 Å². The average molecular weight is 433 g/mol. The minimum atomic E-state index is -0.468. The summed E-state index contributed by atoms with van der Waals surface area (Å²) in [6.07, 6.45) is 0.186. The van der Waals surface area contributed by atoms with Crippen LogP contribution in [0, 0.1) is 0 Å². The Labute approximate surface area is 177 Å². The van der Waals surface area contributed by atoms with E-state index in [0.717, 1.165) is 0 Å². The first kappa shape index (κ1) is 20.7. The lowest BCUT2D eigenvalue weighted by molar-refractivity contribution is -0.121. The number of amides is 2. The summed E-state index contributed by atoms with van der Waals surface area (Å²) in [4.78, 5) is 36.5. The first-order valence-corrected chi connectivity index (χ1v) is 9.56. The van der Waals surface area contributed by atoms with E-state index in [0.29, 0.717) is 27.1 Å². The molecule has 1 aliphatic rings. The topological polar surface area (TPSA) is 99.3 Å². The summed E-state index contributed by atoms with van der Waals surface area (Å²) in [6.45, 7) is -0.0633. The number of hydrogen-bond donors (Lipinski definition) is 4. The summed E-state index contributed by atoms with van der Waals surface area (Å²) in [5, 5.41) is 6.55. The predicted molar refractivity (Wildman–Crippen MR) is 113 cm³/mol. The molecule has 150 valence electrons. The zero-order valence-electron chi connectivity index (χ0n) is 15.2. The normalized spacial score (nSPS) is 15.0. The smallest absolute Gasteiger partial charge is 0.257 e. The Morgan fingerprint density at radius 2 is 1.72 bits per heavy atom. The quantitative estimate of drug-likeness (QED) is 0.305. The summed E-state index contributed by atoms with van der Waals surface area (Å²) < 4.78 is 0. The molecule has 1 saturated heterocycles. The fourth-order valence-electron chi connectivity index (χ4n) is 2.72. The van der Waals surface area contributed by atoms with Crippen molar-refractivity contribution in [3.63, 3.8) is 0 Å². The molecule has 2 aromatic carbocycles. The van der Waals surface area contributed by atoms with E-state index in [-0.39, 0.29) is 36.6 Å². The minimum absolute atomic E-state index is 0.0170. The van der Waals surface area contributed by atoms with Crippen LogP contribution in [-0.2, 0) is 14.4 Å². The second kappa shape index (κ2) is 9.45. The van der Waals surface area contributed by atoms with E-state index in [4.69, 9.17) is 23.2 Å². The Balaban J connectivity index is 1.68. The molecule has 4 N–H and O–H groups in total. The highest BCUT2D eigenvalue weighted by molar-refractivity contribution is 6.33. The van der Waals surface area contributed by atoms with Gasteiger partial charge in [0.2, 0.25) is 5.91 Å². The first-order chi connectivity index (χ1) is 13.9. The Bertz CT molecular complexity index is 956. The molecule has 0 saturated carbocycles. The van der Waals surface area contributed by atoms with Gasteiger partial charge >= 0.3 is 0 Å². The number of hydrazine groups is 1. The number of rotatable bonds is 7. The van der Waals surface area contributed by atoms with E-state index in [9.17, 15) is 14.4 Å². The molecular formula is C20H18Cl2N4O3. The van der Waals surface area contributed by atoms with Crippen molar-refractivity contribution in [1.82, 2.24) is 10.7 Å². The number of ketones is 1. The van der Waals surface area contributed by atoms with Gasteiger partial charge in [-0.25, -0.2) is 0 Å². The van der Waals surface area contributed by atoms with Gasteiger partial charge in [-0.3, -0.25) is 25.2 Å². The zero-order chi connectivity index (χ0) is 20.8. The van der Waals surface area contributed by atoms with Crippen LogP contribution in [0.15, 0.2) is 59.8 Å². The predicted octanol–water partition coefficient (Wildman–Crippen LogP) is 3.28. The molecule has 0 atom stereocenters. The maximum absolute atomic E-state index is 12.2. The third kappa shape index (κ3) is 5.49. The Kier molecular flexibility index (Phi) is 6.74. The molecule has 2 aromatic rings. The van der Waals surface area contributed by atoms with E-state index in [2.05, 4.69) is 21.5 Å². The van der Waals surface area contributed by atoms with Crippen LogP contribution in [0.1, 0.15) is 12.8 Å². The highest BCUT2D eigenvalue weighted by Gasteiger charge is 2.29. The van der Waals surface area contributed by atoms with Crippen LogP contribution < -0.4 is 21.5 Å². The third-order valence-electron chi connectivity index (χ3n) is 4.17. The summed E-state index contributed by atoms with van der Waals surface area (Å²) in [5.41, 5.74) is 6.92. The molecule has 0 aromatic heterocycles. The van der Waals surface area contributed by atoms with Crippen molar-refractivity contribution in [2.75, 3.05) is 17.3 Å². The van der Waals surface area contributed by atoms with Crippen molar-refractivity contribution in [1.29, 1.82) is 0 Å². The van der Waals surface area contributed by atoms with E-state index in [1.165, 1.54) is 0 Å². The van der Waals surface area contributed by atoms with Crippen LogP contribution in [-0.4, -0.2) is 24.1 Å². The Morgan fingerprint density at radius 3 is 2.38 bits per heavy atom. The van der Waals surface area contributed by atoms with Crippen molar-refractivity contribution in [3.05, 3.63) is 69.8 Å². The number of nitrogens with one attached hydrogen (secondary N) is 4. The molecule has 29 heavy (non-hydrogen) atoms. The molecule has 9 heteroatoms. The van der Waals surface area contributed by atoms with E-state index < -0.39 is 5.91 Å². The summed E-state index contributed by atoms with van der Waals surface area (Å²) in [6, 6.07) is 13.8. The van der Waals surface area contributed by atoms with Crippen molar-refractivity contribution < 1.29 is 14.4 Å². The number of anilines is 2. The van der Waals surface area contributed by atoms with Gasteiger partial charge < -0.3 is 10.6 Å². The summed E-state index contributed by atoms with van der Waals surface area (Å²) >= 11 is 12.0. The van der Waals surface area contributed by atoms with Crippen LogP contribution in [0.3, 0.4) is 0 Å². The highest BCUT2D eigenvalue weighted by atomic mass is 35.5. The maximum atomic E-state index is 12.2. The van der Waals surface area contributed by atoms with Gasteiger partial charge in [-0.1, -0.05) is 35.3 Å². The fraction of sp³-hybridized carbons (Fsp3) is 0.150. The van der Waals surface area contributed by atoms with Crippen molar-refractivity contribution in [2.45, 2.75) is 12.8 Å². The third-order valence-corrected chi connectivity index (χ3v) is 4.75. The van der Waals surface area contributed by atoms with Gasteiger partial charge in [0.25, 0.3) is 5.91 Å². The lowest BCUT2D eigenvalue weighted by Crippen LogP contribution is -2.29. The van der Waals surface area contributed by atoms with Gasteiger partial charge in [-0.2, -0.15) is 0 Å². The largest absolute Gasteiger partial charge is 0.357 e. The molecule has 1 fully saturated rings. The molecule has 0 bridgehead atoms. The van der Waals surface area contributed by atoms with Crippen molar-refractivity contribution in [2.24, 2.45) is 0 Å². The number of carbonyl (C=O) groups is 3. The molecule has 0 spiro atoms. The zero-order valence-corrected chi connectivity index (χ0v) is 16.7. The second-order valence-electron chi connectivity index (χ2n) is 6.24. The molecule has 0 aliphatic carbocycles. The molecular weight excluding hydrogens is 415 g/mol. The standard InChI is InChI=1S/C20H18Cl2N4O3/c21-12-5-7-13(8-6-12)25-26-18(28)10-9-16(19-17(27)11-23-20(19)29)24-15-4-2-1-3-14(15)22/h1-8,24-25H,9-11H2,(H,23,29)(H,26,28). The van der Waals surface area contributed by atoms with Gasteiger partial charge in [0, 0.05) is 17.1 Å². The lowest BCUT2D eigenvalue weighted by Gasteiger charge is -2.15. The molecule has 0 radical (unpaired) electrons. The monoisotopic (exact) mass is 432 g/mol. The van der Waals surface area contributed by atoms with Crippen LogP contribution in [0.5, 0.6) is 0 Å². The molecule has 1 aliphatic heterocycles. The Morgan fingerprint density at radius 1 is 1.00 bits per heavy atom. The maximum Gasteiger partial charge on any atom is 0.257 e. The van der Waals surface area contributed by atoms with Gasteiger partial charge in [0.15, 0.2) is 5.78 Å². The number of benzene rings is 2. The number of para-hydroxylation sites is 1. The first-order valence-electron chi connectivity index (χ1n) is 8.80. The van der Waals surface area contributed by atoms with Crippen LogP contribution >= 0.6 is 23.2 Å². The summed E-state index contributed by atoms with van der Waals surface area (Å²) in [5.74, 6) is -1.11. The Hall–Kier alpha value is -3.03. The number of carbonyl (C=O) groups excluding carboxylic acids is 3. The van der Waals surface area contributed by atoms with E-state index in [1.807, 2.05) is 0 Å². The molecule has 3 rings (SSSR count). The van der Waals surface area contributed by atoms with E-state index in [1.54, 1.807) is 48.5 Å². The molecule has 2 amide bonds. The SMILES string of the molecule is O=C(CCC(Nc1ccccc1Cl)=C1C(=O)CNC1=O)NNc1ccc(Cl)cc1. The summed E-state index contributed by atoms with van der Waals surface area (Å²) in [7, 11) is 0. The second-order valence-corrected chi connectivity index (χ2v) is 7.09. The van der Waals surface area contributed by atoms with Gasteiger partial charge in [-0.15, -0.1) is 0 Å². The fourth-order valence-corrected chi connectivity index (χ4v) is 3.03. The average Bonchev–Trinajstić information content (AvgIpc) is 3.04. The van der Waals surface area contributed by atoms with Crippen molar-refractivity contribution >= 4 is 52.2 Å². The number of Topliss-reactive ketones (excluding diaryl/α,β-unsaturated/α-hetero) is 1. The van der Waals surface area contributed by atoms with Gasteiger partial charge in [-0.05, 0) is 42.8 Å². The van der Waals surface area contributed by atoms with E-state index >= 15 is 0 Å². The van der Waals surface area contributed by atoms with Gasteiger partial charge in [0.1, 0.15) is 5.57 Å². The number of allylic oxidation sites excluding steroid dienone is 1. The molecule has 7 nitrogen and oxygen atoms in total. The van der Waals surface area contributed by atoms with Crippen LogP contribution in [0.25, 0.3) is 0 Å². The highest BCUT2D eigenvalue weighted by Crippen LogP contribution is 2.25. The number of halogens is 2. The number of hydrogen-bond acceptors (Lipinski definition) is 5. The lowest BCUT2D eigenvalue weighted by atomic mass is 10.1. The van der Waals surface area contributed by atoms with Crippen LogP contribution in [0.4, 0.5) is 11.4 Å². The molecule has 1 heterocycles.